The van der Waals surface area contributed by atoms with Crippen LogP contribution in [0.2, 0.25) is 0 Å². The van der Waals surface area contributed by atoms with Crippen LogP contribution in [0.5, 0.6) is 0 Å². The summed E-state index contributed by atoms with van der Waals surface area (Å²) in [5.41, 5.74) is 3.38. The highest BCUT2D eigenvalue weighted by molar-refractivity contribution is 5.92. The summed E-state index contributed by atoms with van der Waals surface area (Å²) in [5, 5.41) is 7.44. The number of hydrogen-bond donors (Lipinski definition) is 1. The van der Waals surface area contributed by atoms with Gasteiger partial charge in [0.15, 0.2) is 5.78 Å². The van der Waals surface area contributed by atoms with E-state index in [1.165, 1.54) is 5.56 Å². The lowest BCUT2D eigenvalue weighted by Crippen LogP contribution is -2.11. The minimum absolute atomic E-state index is 0.223. The van der Waals surface area contributed by atoms with Gasteiger partial charge in [0, 0.05) is 43.0 Å². The Hall–Kier alpha value is -1.58. The molecule has 0 saturated carbocycles. The van der Waals surface area contributed by atoms with Crippen LogP contribution in [0.25, 0.3) is 0 Å². The Balaban J connectivity index is 1.96. The van der Waals surface area contributed by atoms with Gasteiger partial charge in [0.2, 0.25) is 0 Å². The summed E-state index contributed by atoms with van der Waals surface area (Å²) in [6, 6.07) is 0. The van der Waals surface area contributed by atoms with Gasteiger partial charge in [-0.15, -0.1) is 0 Å². The molecule has 4 nitrogen and oxygen atoms in total. The maximum Gasteiger partial charge on any atom is 0.157 e. The molecule has 1 aliphatic rings. The second kappa shape index (κ2) is 3.88. The van der Waals surface area contributed by atoms with Gasteiger partial charge >= 0.3 is 0 Å². The number of hydrogen-bond acceptors (Lipinski definition) is 3. The van der Waals surface area contributed by atoms with Crippen LogP contribution < -0.4 is 5.32 Å². The second-order valence-corrected chi connectivity index (χ2v) is 3.87. The highest BCUT2D eigenvalue weighted by atomic mass is 16.1. The zero-order chi connectivity index (χ0) is 10.8. The van der Waals surface area contributed by atoms with Gasteiger partial charge in [0.25, 0.3) is 0 Å². The highest BCUT2D eigenvalue weighted by Gasteiger charge is 2.12. The summed E-state index contributed by atoms with van der Waals surface area (Å²) in [5.74, 6) is 0.223. The number of rotatable bonds is 3. The van der Waals surface area contributed by atoms with Crippen LogP contribution >= 0.6 is 0 Å². The summed E-state index contributed by atoms with van der Waals surface area (Å²) in [4.78, 5) is 11.0. The van der Waals surface area contributed by atoms with Crippen LogP contribution in [0.3, 0.4) is 0 Å². The van der Waals surface area contributed by atoms with Gasteiger partial charge < -0.3 is 5.32 Å². The number of nitrogens with one attached hydrogen (secondary N) is 1. The fourth-order valence-corrected chi connectivity index (χ4v) is 1.66. The van der Waals surface area contributed by atoms with Crippen LogP contribution in [0, 0.1) is 6.92 Å². The molecule has 1 heterocycles. The number of aryl methyl sites for hydroxylation is 1. The van der Waals surface area contributed by atoms with Crippen LogP contribution in [0.15, 0.2) is 18.0 Å². The van der Waals surface area contributed by atoms with Gasteiger partial charge in [0.1, 0.15) is 0 Å². The van der Waals surface area contributed by atoms with Crippen molar-refractivity contribution in [3.05, 3.63) is 29.2 Å². The van der Waals surface area contributed by atoms with Crippen molar-refractivity contribution in [2.75, 3.05) is 0 Å². The molecular weight excluding hydrogens is 190 g/mol. The standard InChI is InChI=1S/C11H15N3O/c1-8-9(7-13-14(8)2)6-12-10-3-4-11(15)5-10/h5,7,12H,3-4,6H2,1-2H3. The van der Waals surface area contributed by atoms with Crippen LogP contribution in [-0.4, -0.2) is 15.6 Å². The molecule has 0 fully saturated rings. The van der Waals surface area contributed by atoms with Gasteiger partial charge in [0.05, 0.1) is 6.20 Å². The maximum absolute atomic E-state index is 11.0. The van der Waals surface area contributed by atoms with Gasteiger partial charge in [-0.3, -0.25) is 9.48 Å². The molecular formula is C11H15N3O. The fourth-order valence-electron chi connectivity index (χ4n) is 1.66. The van der Waals surface area contributed by atoms with E-state index in [4.69, 9.17) is 0 Å². The molecule has 0 radical (unpaired) electrons. The number of allylic oxidation sites excluding steroid dienone is 2. The summed E-state index contributed by atoms with van der Waals surface area (Å²) >= 11 is 0. The molecule has 0 amide bonds. The van der Waals surface area contributed by atoms with Crippen molar-refractivity contribution in [1.29, 1.82) is 0 Å². The van der Waals surface area contributed by atoms with Crippen LogP contribution in [-0.2, 0) is 18.4 Å². The smallest absolute Gasteiger partial charge is 0.157 e. The van der Waals surface area contributed by atoms with Crippen molar-refractivity contribution in [3.63, 3.8) is 0 Å². The molecule has 80 valence electrons. The third kappa shape index (κ3) is 2.09. The first kappa shape index (κ1) is 9.96. The van der Waals surface area contributed by atoms with Crippen molar-refractivity contribution >= 4 is 5.78 Å². The summed E-state index contributed by atoms with van der Waals surface area (Å²) < 4.78 is 1.85. The molecule has 0 saturated heterocycles. The largest absolute Gasteiger partial charge is 0.384 e. The molecule has 1 aromatic rings. The Kier molecular flexibility index (Phi) is 2.58. The van der Waals surface area contributed by atoms with E-state index in [0.29, 0.717) is 6.42 Å². The lowest BCUT2D eigenvalue weighted by atomic mass is 10.2. The normalized spacial score (nSPS) is 15.6. The Labute approximate surface area is 89.0 Å². The zero-order valence-electron chi connectivity index (χ0n) is 9.08. The number of carbonyl (C=O) groups excluding carboxylic acids is 1. The van der Waals surface area contributed by atoms with Crippen molar-refractivity contribution in [3.8, 4) is 0 Å². The molecule has 0 aliphatic heterocycles. The topological polar surface area (TPSA) is 46.9 Å². The predicted octanol–water partition coefficient (Wildman–Crippen LogP) is 1.06. The third-order valence-electron chi connectivity index (χ3n) is 2.82. The van der Waals surface area contributed by atoms with Crippen molar-refractivity contribution in [2.24, 2.45) is 7.05 Å². The van der Waals surface area contributed by atoms with E-state index in [1.54, 1.807) is 6.08 Å². The molecule has 1 aliphatic carbocycles. The van der Waals surface area contributed by atoms with E-state index in [2.05, 4.69) is 10.4 Å². The lowest BCUT2D eigenvalue weighted by molar-refractivity contribution is -0.114. The van der Waals surface area contributed by atoms with Gasteiger partial charge in [-0.2, -0.15) is 5.10 Å². The van der Waals surface area contributed by atoms with Crippen LogP contribution in [0.4, 0.5) is 0 Å². The second-order valence-electron chi connectivity index (χ2n) is 3.87. The molecule has 15 heavy (non-hydrogen) atoms. The van der Waals surface area contributed by atoms with Crippen molar-refractivity contribution < 1.29 is 4.79 Å². The summed E-state index contributed by atoms with van der Waals surface area (Å²) in [6.45, 7) is 2.79. The molecule has 0 unspecified atom stereocenters. The number of nitrogens with zero attached hydrogens (tertiary/aromatic N) is 2. The summed E-state index contributed by atoms with van der Waals surface area (Å²) in [7, 11) is 1.93. The van der Waals surface area contributed by atoms with Gasteiger partial charge in [-0.1, -0.05) is 0 Å². The first-order chi connectivity index (χ1) is 7.16. The first-order valence-corrected chi connectivity index (χ1v) is 5.11. The Bertz CT molecular complexity index is 417. The molecule has 0 bridgehead atoms. The average molecular weight is 205 g/mol. The van der Waals surface area contributed by atoms with Crippen LogP contribution in [0.1, 0.15) is 24.1 Å². The monoisotopic (exact) mass is 205 g/mol. The van der Waals surface area contributed by atoms with Gasteiger partial charge in [-0.25, -0.2) is 0 Å². The quantitative estimate of drug-likeness (QED) is 0.802. The van der Waals surface area contributed by atoms with Crippen molar-refractivity contribution in [1.82, 2.24) is 15.1 Å². The molecule has 4 heteroatoms. The minimum Gasteiger partial charge on any atom is -0.384 e. The molecule has 0 spiro atoms. The van der Waals surface area contributed by atoms with E-state index < -0.39 is 0 Å². The summed E-state index contributed by atoms with van der Waals surface area (Å²) in [6.07, 6.45) is 5.05. The molecule has 0 atom stereocenters. The van der Waals surface area contributed by atoms with E-state index in [9.17, 15) is 4.79 Å². The number of ketones is 1. The first-order valence-electron chi connectivity index (χ1n) is 5.11. The fraction of sp³-hybridized carbons (Fsp3) is 0.455. The van der Waals surface area contributed by atoms with E-state index in [0.717, 1.165) is 24.4 Å². The molecule has 1 aromatic heterocycles. The Morgan fingerprint density at radius 3 is 2.87 bits per heavy atom. The number of aromatic nitrogens is 2. The SMILES string of the molecule is Cc1c(CNC2=CC(=O)CC2)cnn1C. The third-order valence-corrected chi connectivity index (χ3v) is 2.82. The highest BCUT2D eigenvalue weighted by Crippen LogP contribution is 2.13. The van der Waals surface area contributed by atoms with Gasteiger partial charge in [-0.05, 0) is 13.3 Å². The Morgan fingerprint density at radius 1 is 1.53 bits per heavy atom. The molecule has 1 N–H and O–H groups in total. The molecule has 2 rings (SSSR count). The number of carbonyl (C=O) groups is 1. The minimum atomic E-state index is 0.223. The predicted molar refractivity (Wildman–Crippen MR) is 57.1 cm³/mol. The van der Waals surface area contributed by atoms with E-state index >= 15 is 0 Å². The van der Waals surface area contributed by atoms with E-state index in [-0.39, 0.29) is 5.78 Å². The maximum atomic E-state index is 11.0. The van der Waals surface area contributed by atoms with Crippen molar-refractivity contribution in [2.45, 2.75) is 26.3 Å². The zero-order valence-corrected chi connectivity index (χ0v) is 9.08. The van der Waals surface area contributed by atoms with E-state index in [1.807, 2.05) is 24.9 Å². The molecule has 0 aromatic carbocycles. The lowest BCUT2D eigenvalue weighted by Gasteiger charge is -2.05. The average Bonchev–Trinajstić information content (AvgIpc) is 2.74. The Morgan fingerprint density at radius 2 is 2.33 bits per heavy atom.